The summed E-state index contributed by atoms with van der Waals surface area (Å²) >= 11 is 0. The molecule has 1 unspecified atom stereocenters. The molecule has 0 bridgehead atoms. The van der Waals surface area contributed by atoms with Crippen molar-refractivity contribution in [3.05, 3.63) is 36.6 Å². The average Bonchev–Trinajstić information content (AvgIpc) is 2.45. The molecule has 1 N–H and O–H groups in total. The van der Waals surface area contributed by atoms with Crippen molar-refractivity contribution < 1.29 is 0 Å². The molecule has 0 saturated carbocycles. The quantitative estimate of drug-likeness (QED) is 0.256. The Hall–Kier alpha value is -0.980. The van der Waals surface area contributed by atoms with E-state index in [0.717, 1.165) is 31.4 Å². The van der Waals surface area contributed by atoms with E-state index in [9.17, 15) is 0 Å². The molecule has 22 heavy (non-hydrogen) atoms. The van der Waals surface area contributed by atoms with Crippen LogP contribution in [0.4, 0.5) is 0 Å². The lowest BCUT2D eigenvalue weighted by Gasteiger charge is -2.21. The first kappa shape index (κ1) is 21.0. The Labute approximate surface area is 140 Å². The van der Waals surface area contributed by atoms with Gasteiger partial charge in [-0.15, -0.1) is 0 Å². The molecule has 0 aromatic heterocycles. The Morgan fingerprint density at radius 2 is 1.45 bits per heavy atom. The molecule has 0 aliphatic rings. The van der Waals surface area contributed by atoms with Gasteiger partial charge in [-0.3, -0.25) is 0 Å². The normalized spacial score (nSPS) is 12.0. The lowest BCUT2D eigenvalue weighted by molar-refractivity contribution is 0.568. The highest BCUT2D eigenvalue weighted by Crippen LogP contribution is 2.17. The lowest BCUT2D eigenvalue weighted by atomic mass is 10.0. The third-order valence-corrected chi connectivity index (χ3v) is 4.15. The van der Waals surface area contributed by atoms with Gasteiger partial charge in [-0.1, -0.05) is 89.7 Å². The molecular weight excluding hydrogens is 266 g/mol. The summed E-state index contributed by atoms with van der Waals surface area (Å²) in [5.74, 6) is 0. The van der Waals surface area contributed by atoms with Crippen LogP contribution in [-0.2, 0) is 0 Å². The number of nitrogens with one attached hydrogen (secondary N) is 1. The van der Waals surface area contributed by atoms with Gasteiger partial charge in [-0.2, -0.15) is 0 Å². The van der Waals surface area contributed by atoms with E-state index in [1.165, 1.54) is 56.1 Å². The minimum absolute atomic E-state index is 0.365. The Morgan fingerprint density at radius 1 is 0.864 bits per heavy atom. The first-order valence-corrected chi connectivity index (χ1v) is 9.27. The Balaban J connectivity index is 3.77. The summed E-state index contributed by atoms with van der Waals surface area (Å²) in [7, 11) is 0. The van der Waals surface area contributed by atoms with Crippen molar-refractivity contribution in [1.29, 1.82) is 0 Å². The molecule has 0 aromatic carbocycles. The van der Waals surface area contributed by atoms with Crippen molar-refractivity contribution in [1.82, 2.24) is 5.32 Å². The maximum absolute atomic E-state index is 4.22. The van der Waals surface area contributed by atoms with Crippen molar-refractivity contribution in [2.75, 3.05) is 0 Å². The maximum atomic E-state index is 4.22. The SMILES string of the molecule is C=C(CCCCCCCCC)CC(=C)NC(CCC)C(=C)C. The highest BCUT2D eigenvalue weighted by molar-refractivity contribution is 5.13. The Bertz CT molecular complexity index is 327. The summed E-state index contributed by atoms with van der Waals surface area (Å²) in [6, 6.07) is 0.365. The monoisotopic (exact) mass is 305 g/mol. The Morgan fingerprint density at radius 3 is 2.00 bits per heavy atom. The second-order valence-electron chi connectivity index (χ2n) is 6.73. The van der Waals surface area contributed by atoms with Crippen molar-refractivity contribution >= 4 is 0 Å². The van der Waals surface area contributed by atoms with Crippen LogP contribution in [0.15, 0.2) is 36.6 Å². The summed E-state index contributed by atoms with van der Waals surface area (Å²) in [6.45, 7) is 19.0. The molecule has 1 nitrogen and oxygen atoms in total. The first-order chi connectivity index (χ1) is 10.5. The van der Waals surface area contributed by atoms with E-state index in [4.69, 9.17) is 0 Å². The minimum atomic E-state index is 0.365. The average molecular weight is 306 g/mol. The molecule has 0 radical (unpaired) electrons. The van der Waals surface area contributed by atoms with Gasteiger partial charge in [0, 0.05) is 18.2 Å². The van der Waals surface area contributed by atoms with E-state index in [2.05, 4.69) is 45.8 Å². The van der Waals surface area contributed by atoms with Crippen LogP contribution in [-0.4, -0.2) is 6.04 Å². The fraction of sp³-hybridized carbons (Fsp3) is 0.714. The topological polar surface area (TPSA) is 12.0 Å². The summed E-state index contributed by atoms with van der Waals surface area (Å²) in [4.78, 5) is 0. The van der Waals surface area contributed by atoms with Gasteiger partial charge in [-0.25, -0.2) is 0 Å². The summed E-state index contributed by atoms with van der Waals surface area (Å²) in [5.41, 5.74) is 3.60. The predicted octanol–water partition coefficient (Wildman–Crippen LogP) is 6.92. The highest BCUT2D eigenvalue weighted by Gasteiger charge is 2.09. The highest BCUT2D eigenvalue weighted by atomic mass is 14.9. The number of unbranched alkanes of at least 4 members (excludes halogenated alkanes) is 6. The number of hydrogen-bond donors (Lipinski definition) is 1. The van der Waals surface area contributed by atoms with E-state index in [-0.39, 0.29) is 0 Å². The van der Waals surface area contributed by atoms with Gasteiger partial charge in [0.1, 0.15) is 0 Å². The molecule has 0 amide bonds. The molecule has 0 aromatic rings. The zero-order valence-electron chi connectivity index (χ0n) is 15.5. The third-order valence-electron chi connectivity index (χ3n) is 4.15. The van der Waals surface area contributed by atoms with Crippen LogP contribution in [0.1, 0.15) is 91.4 Å². The lowest BCUT2D eigenvalue weighted by Crippen LogP contribution is -2.28. The van der Waals surface area contributed by atoms with Gasteiger partial charge in [0.25, 0.3) is 0 Å². The third kappa shape index (κ3) is 11.7. The summed E-state index contributed by atoms with van der Waals surface area (Å²) in [6.07, 6.45) is 13.8. The van der Waals surface area contributed by atoms with Crippen LogP contribution in [0.5, 0.6) is 0 Å². The largest absolute Gasteiger partial charge is 0.382 e. The van der Waals surface area contributed by atoms with Crippen LogP contribution in [0.3, 0.4) is 0 Å². The van der Waals surface area contributed by atoms with Crippen LogP contribution in [0.25, 0.3) is 0 Å². The molecule has 0 saturated heterocycles. The van der Waals surface area contributed by atoms with Gasteiger partial charge in [0.05, 0.1) is 0 Å². The standard InChI is InChI=1S/C21H39N/c1-7-9-10-11-12-13-14-16-19(5)17-20(6)22-21(15-8-2)18(3)4/h21-22H,3,5-17H2,1-2,4H3. The van der Waals surface area contributed by atoms with Gasteiger partial charge < -0.3 is 5.32 Å². The smallest absolute Gasteiger partial charge is 0.0465 e. The van der Waals surface area contributed by atoms with Crippen LogP contribution >= 0.6 is 0 Å². The summed E-state index contributed by atoms with van der Waals surface area (Å²) in [5, 5.41) is 3.52. The van der Waals surface area contributed by atoms with Gasteiger partial charge in [0.2, 0.25) is 0 Å². The first-order valence-electron chi connectivity index (χ1n) is 9.27. The van der Waals surface area contributed by atoms with Crippen LogP contribution < -0.4 is 5.32 Å². The van der Waals surface area contributed by atoms with Crippen LogP contribution in [0, 0.1) is 0 Å². The predicted molar refractivity (Wildman–Crippen MR) is 102 cm³/mol. The molecule has 0 spiro atoms. The molecule has 1 heteroatoms. The van der Waals surface area contributed by atoms with Crippen molar-refractivity contribution in [3.8, 4) is 0 Å². The molecule has 0 aliphatic heterocycles. The maximum Gasteiger partial charge on any atom is 0.0465 e. The van der Waals surface area contributed by atoms with Crippen molar-refractivity contribution in [3.63, 3.8) is 0 Å². The molecule has 1 atom stereocenters. The van der Waals surface area contributed by atoms with Crippen molar-refractivity contribution in [2.45, 2.75) is 97.4 Å². The number of rotatable bonds is 15. The van der Waals surface area contributed by atoms with E-state index >= 15 is 0 Å². The Kier molecular flexibility index (Phi) is 13.1. The molecule has 128 valence electrons. The van der Waals surface area contributed by atoms with E-state index in [0.29, 0.717) is 6.04 Å². The van der Waals surface area contributed by atoms with E-state index < -0.39 is 0 Å². The van der Waals surface area contributed by atoms with Gasteiger partial charge in [-0.05, 0) is 26.2 Å². The molecule has 0 fully saturated rings. The van der Waals surface area contributed by atoms with Crippen LogP contribution in [0.2, 0.25) is 0 Å². The van der Waals surface area contributed by atoms with E-state index in [1.807, 2.05) is 0 Å². The molecule has 0 aliphatic carbocycles. The number of hydrogen-bond acceptors (Lipinski definition) is 1. The second kappa shape index (κ2) is 13.7. The fourth-order valence-corrected chi connectivity index (χ4v) is 2.75. The molecular formula is C21H39N. The zero-order chi connectivity index (χ0) is 16.8. The molecule has 0 heterocycles. The number of allylic oxidation sites excluding steroid dienone is 1. The summed E-state index contributed by atoms with van der Waals surface area (Å²) < 4.78 is 0. The fourth-order valence-electron chi connectivity index (χ4n) is 2.75. The van der Waals surface area contributed by atoms with Gasteiger partial charge >= 0.3 is 0 Å². The second-order valence-corrected chi connectivity index (χ2v) is 6.73. The van der Waals surface area contributed by atoms with Crippen molar-refractivity contribution in [2.24, 2.45) is 0 Å². The zero-order valence-corrected chi connectivity index (χ0v) is 15.5. The minimum Gasteiger partial charge on any atom is -0.382 e. The molecule has 0 rings (SSSR count). The van der Waals surface area contributed by atoms with E-state index in [1.54, 1.807) is 0 Å². The van der Waals surface area contributed by atoms with Gasteiger partial charge in [0.15, 0.2) is 0 Å².